The fourth-order valence-electron chi connectivity index (χ4n) is 2.21. The van der Waals surface area contributed by atoms with Crippen molar-refractivity contribution < 1.29 is 23.5 Å². The Labute approximate surface area is 120 Å². The van der Waals surface area contributed by atoms with Gasteiger partial charge in [-0.2, -0.15) is 0 Å². The number of carboxylic acids is 1. The van der Waals surface area contributed by atoms with Gasteiger partial charge in [-0.25, -0.2) is 4.39 Å². The van der Waals surface area contributed by atoms with E-state index in [1.807, 2.05) is 0 Å². The fraction of sp³-hybridized carbons (Fsp3) is 0.333. The Balaban J connectivity index is 2.34. The minimum absolute atomic E-state index is 0.00596. The number of rotatable bonds is 4. The Bertz CT molecular complexity index is 718. The lowest BCUT2D eigenvalue weighted by Gasteiger charge is -2.23. The van der Waals surface area contributed by atoms with Gasteiger partial charge in [-0.15, -0.1) is 0 Å². The number of fused-ring (bicyclic) bond motifs is 1. The molecule has 0 fully saturated rings. The summed E-state index contributed by atoms with van der Waals surface area (Å²) >= 11 is 0. The van der Waals surface area contributed by atoms with Crippen LogP contribution in [0.15, 0.2) is 22.6 Å². The standard InChI is InChI=1S/C15H16FNO4/c1-8-9-5-4-6-10(16)13(9)21-12(8)14(20)17-15(2,3)7-11(18)19/h4-6H,7H2,1-3H3,(H,17,20)(H,18,19). The average Bonchev–Trinajstić information content (AvgIpc) is 2.66. The second-order valence-corrected chi connectivity index (χ2v) is 5.58. The molecule has 0 unspecified atom stereocenters. The summed E-state index contributed by atoms with van der Waals surface area (Å²) in [4.78, 5) is 23.0. The zero-order valence-corrected chi connectivity index (χ0v) is 12.0. The fourth-order valence-corrected chi connectivity index (χ4v) is 2.21. The monoisotopic (exact) mass is 293 g/mol. The van der Waals surface area contributed by atoms with Crippen molar-refractivity contribution in [2.45, 2.75) is 32.7 Å². The summed E-state index contributed by atoms with van der Waals surface area (Å²) in [6.07, 6.45) is -0.230. The molecule has 0 saturated carbocycles. The molecular formula is C15H16FNO4. The Kier molecular flexibility index (Phi) is 3.72. The van der Waals surface area contributed by atoms with E-state index in [0.29, 0.717) is 10.9 Å². The Hall–Kier alpha value is -2.37. The zero-order valence-electron chi connectivity index (χ0n) is 12.0. The number of carbonyl (C=O) groups excluding carboxylic acids is 1. The summed E-state index contributed by atoms with van der Waals surface area (Å²) in [5.41, 5.74) is -0.392. The molecule has 0 spiro atoms. The van der Waals surface area contributed by atoms with Gasteiger partial charge in [-0.1, -0.05) is 12.1 Å². The average molecular weight is 293 g/mol. The predicted octanol–water partition coefficient (Wildman–Crippen LogP) is 2.86. The Morgan fingerprint density at radius 3 is 2.62 bits per heavy atom. The number of benzene rings is 1. The third-order valence-electron chi connectivity index (χ3n) is 3.17. The van der Waals surface area contributed by atoms with E-state index in [2.05, 4.69) is 5.32 Å². The van der Waals surface area contributed by atoms with Gasteiger partial charge in [-0.05, 0) is 26.8 Å². The van der Waals surface area contributed by atoms with Crippen LogP contribution in [0.2, 0.25) is 0 Å². The summed E-state index contributed by atoms with van der Waals surface area (Å²) in [6, 6.07) is 4.45. The van der Waals surface area contributed by atoms with Gasteiger partial charge in [0.2, 0.25) is 0 Å². The molecule has 112 valence electrons. The number of furan rings is 1. The topological polar surface area (TPSA) is 79.5 Å². The minimum Gasteiger partial charge on any atom is -0.481 e. The lowest BCUT2D eigenvalue weighted by atomic mass is 10.0. The van der Waals surface area contributed by atoms with Crippen molar-refractivity contribution in [3.63, 3.8) is 0 Å². The molecule has 1 heterocycles. The molecule has 2 rings (SSSR count). The number of hydrogen-bond donors (Lipinski definition) is 2. The molecule has 0 aliphatic heterocycles. The summed E-state index contributed by atoms with van der Waals surface area (Å²) in [5.74, 6) is -2.13. The van der Waals surface area contributed by atoms with Crippen LogP contribution >= 0.6 is 0 Å². The van der Waals surface area contributed by atoms with Crippen LogP contribution in [0.25, 0.3) is 11.0 Å². The second kappa shape index (κ2) is 5.20. The smallest absolute Gasteiger partial charge is 0.305 e. The van der Waals surface area contributed by atoms with Crippen molar-refractivity contribution in [3.05, 3.63) is 35.3 Å². The van der Waals surface area contributed by atoms with E-state index in [1.165, 1.54) is 12.1 Å². The third-order valence-corrected chi connectivity index (χ3v) is 3.17. The predicted molar refractivity (Wildman–Crippen MR) is 74.7 cm³/mol. The van der Waals surface area contributed by atoms with E-state index in [1.54, 1.807) is 26.8 Å². The van der Waals surface area contributed by atoms with Crippen molar-refractivity contribution in [1.29, 1.82) is 0 Å². The number of carboxylic acid groups (broad SMARTS) is 1. The molecule has 2 aromatic rings. The molecule has 1 aromatic carbocycles. The first-order chi connectivity index (χ1) is 9.71. The SMILES string of the molecule is Cc1c(C(=O)NC(C)(C)CC(=O)O)oc2c(F)cccc12. The van der Waals surface area contributed by atoms with Crippen molar-refractivity contribution in [1.82, 2.24) is 5.32 Å². The quantitative estimate of drug-likeness (QED) is 0.908. The lowest BCUT2D eigenvalue weighted by molar-refractivity contribution is -0.138. The maximum Gasteiger partial charge on any atom is 0.305 e. The number of para-hydroxylation sites is 1. The van der Waals surface area contributed by atoms with E-state index >= 15 is 0 Å². The highest BCUT2D eigenvalue weighted by atomic mass is 19.1. The zero-order chi connectivity index (χ0) is 15.8. The van der Waals surface area contributed by atoms with Crippen LogP contribution in [0.4, 0.5) is 4.39 Å². The van der Waals surface area contributed by atoms with E-state index in [-0.39, 0.29) is 17.8 Å². The molecule has 0 bridgehead atoms. The molecule has 1 amide bonds. The summed E-state index contributed by atoms with van der Waals surface area (Å²) in [6.45, 7) is 4.85. The first kappa shape index (κ1) is 15.0. The van der Waals surface area contributed by atoms with Crippen molar-refractivity contribution in [2.75, 3.05) is 0 Å². The number of aryl methyl sites for hydroxylation is 1. The highest BCUT2D eigenvalue weighted by Crippen LogP contribution is 2.27. The molecular weight excluding hydrogens is 277 g/mol. The van der Waals surface area contributed by atoms with Crippen LogP contribution in [-0.4, -0.2) is 22.5 Å². The van der Waals surface area contributed by atoms with Gasteiger partial charge in [0.05, 0.1) is 6.42 Å². The van der Waals surface area contributed by atoms with Crippen LogP contribution in [0.5, 0.6) is 0 Å². The first-order valence-electron chi connectivity index (χ1n) is 6.43. The van der Waals surface area contributed by atoms with Crippen molar-refractivity contribution in [3.8, 4) is 0 Å². The lowest BCUT2D eigenvalue weighted by Crippen LogP contribution is -2.45. The first-order valence-corrected chi connectivity index (χ1v) is 6.43. The van der Waals surface area contributed by atoms with E-state index in [9.17, 15) is 14.0 Å². The third kappa shape index (κ3) is 3.04. The van der Waals surface area contributed by atoms with Gasteiger partial charge in [0.25, 0.3) is 5.91 Å². The molecule has 5 nitrogen and oxygen atoms in total. The number of carbonyl (C=O) groups is 2. The summed E-state index contributed by atoms with van der Waals surface area (Å²) < 4.78 is 19.0. The van der Waals surface area contributed by atoms with E-state index < -0.39 is 23.2 Å². The molecule has 6 heteroatoms. The molecule has 2 N–H and O–H groups in total. The molecule has 0 atom stereocenters. The molecule has 21 heavy (non-hydrogen) atoms. The maximum absolute atomic E-state index is 13.6. The molecule has 1 aromatic heterocycles. The molecule has 0 radical (unpaired) electrons. The Morgan fingerprint density at radius 1 is 1.38 bits per heavy atom. The van der Waals surface area contributed by atoms with Gasteiger partial charge in [0.15, 0.2) is 17.2 Å². The highest BCUT2D eigenvalue weighted by molar-refractivity contribution is 5.99. The minimum atomic E-state index is -1.02. The van der Waals surface area contributed by atoms with Gasteiger partial charge < -0.3 is 14.8 Å². The van der Waals surface area contributed by atoms with E-state index in [4.69, 9.17) is 9.52 Å². The highest BCUT2D eigenvalue weighted by Gasteiger charge is 2.27. The largest absolute Gasteiger partial charge is 0.481 e. The van der Waals surface area contributed by atoms with Crippen molar-refractivity contribution in [2.24, 2.45) is 0 Å². The van der Waals surface area contributed by atoms with Crippen LogP contribution in [0, 0.1) is 12.7 Å². The summed E-state index contributed by atoms with van der Waals surface area (Å²) in [5, 5.41) is 11.9. The van der Waals surface area contributed by atoms with E-state index in [0.717, 1.165) is 0 Å². The maximum atomic E-state index is 13.6. The number of hydrogen-bond acceptors (Lipinski definition) is 3. The van der Waals surface area contributed by atoms with Crippen LogP contribution < -0.4 is 5.32 Å². The second-order valence-electron chi connectivity index (χ2n) is 5.58. The van der Waals surface area contributed by atoms with Gasteiger partial charge in [0, 0.05) is 16.5 Å². The summed E-state index contributed by atoms with van der Waals surface area (Å²) in [7, 11) is 0. The van der Waals surface area contributed by atoms with Crippen LogP contribution in [-0.2, 0) is 4.79 Å². The molecule has 0 aliphatic carbocycles. The van der Waals surface area contributed by atoms with Gasteiger partial charge in [0.1, 0.15) is 0 Å². The van der Waals surface area contributed by atoms with Gasteiger partial charge >= 0.3 is 5.97 Å². The van der Waals surface area contributed by atoms with Crippen LogP contribution in [0.3, 0.4) is 0 Å². The van der Waals surface area contributed by atoms with Crippen LogP contribution in [0.1, 0.15) is 36.4 Å². The van der Waals surface area contributed by atoms with Gasteiger partial charge in [-0.3, -0.25) is 9.59 Å². The molecule has 0 aliphatic rings. The van der Waals surface area contributed by atoms with Crippen molar-refractivity contribution >= 4 is 22.8 Å². The molecule has 0 saturated heterocycles. The number of halogens is 1. The number of aliphatic carboxylic acids is 1. The number of amides is 1. The Morgan fingerprint density at radius 2 is 2.05 bits per heavy atom. The number of nitrogens with one attached hydrogen (secondary N) is 1. The normalized spacial score (nSPS) is 11.6.